The molecule has 27 heavy (non-hydrogen) atoms. The van der Waals surface area contributed by atoms with Gasteiger partial charge in [-0.3, -0.25) is 9.88 Å². The molecule has 0 aromatic carbocycles. The quantitative estimate of drug-likeness (QED) is 0.771. The number of hydrogen-bond acceptors (Lipinski definition) is 4. The molecule has 7 heteroatoms. The van der Waals surface area contributed by atoms with Gasteiger partial charge in [0, 0.05) is 43.8 Å². The summed E-state index contributed by atoms with van der Waals surface area (Å²) >= 11 is 5.75. The third-order valence-electron chi connectivity index (χ3n) is 5.47. The Kier molecular flexibility index (Phi) is 5.43. The Morgan fingerprint density at radius 2 is 2.04 bits per heavy atom. The fraction of sp³-hybridized carbons (Fsp3) is 0.500. The molecule has 0 aliphatic carbocycles. The number of ether oxygens (including phenoxy) is 1. The van der Waals surface area contributed by atoms with E-state index >= 15 is 0 Å². The fourth-order valence-electron chi connectivity index (χ4n) is 4.11. The van der Waals surface area contributed by atoms with E-state index in [4.69, 9.17) is 17.0 Å². The van der Waals surface area contributed by atoms with Crippen LogP contribution in [0.15, 0.2) is 30.5 Å². The lowest BCUT2D eigenvalue weighted by atomic mass is 9.97. The van der Waals surface area contributed by atoms with Gasteiger partial charge in [-0.1, -0.05) is 6.07 Å². The predicted octanol–water partition coefficient (Wildman–Crippen LogP) is 2.33. The number of aromatic nitrogens is 2. The van der Waals surface area contributed by atoms with Crippen molar-refractivity contribution in [2.45, 2.75) is 25.9 Å². The van der Waals surface area contributed by atoms with Crippen molar-refractivity contribution < 1.29 is 4.74 Å². The van der Waals surface area contributed by atoms with Gasteiger partial charge in [0.1, 0.15) is 0 Å². The maximum Gasteiger partial charge on any atom is 0.170 e. The van der Waals surface area contributed by atoms with Crippen molar-refractivity contribution in [3.8, 4) is 0 Å². The normalized spacial score (nSPS) is 23.6. The first-order chi connectivity index (χ1) is 13.1. The Morgan fingerprint density at radius 3 is 2.70 bits per heavy atom. The number of hydrogen-bond donors (Lipinski definition) is 2. The van der Waals surface area contributed by atoms with Gasteiger partial charge in [0.2, 0.25) is 0 Å². The smallest absolute Gasteiger partial charge is 0.170 e. The van der Waals surface area contributed by atoms with Crippen molar-refractivity contribution in [2.75, 3.05) is 39.4 Å². The number of nitrogens with one attached hydrogen (secondary N) is 2. The van der Waals surface area contributed by atoms with Crippen molar-refractivity contribution in [2.24, 2.45) is 0 Å². The Morgan fingerprint density at radius 1 is 1.22 bits per heavy atom. The van der Waals surface area contributed by atoms with Crippen LogP contribution in [0.5, 0.6) is 0 Å². The lowest BCUT2D eigenvalue weighted by molar-refractivity contribution is 0.0350. The molecule has 0 spiro atoms. The van der Waals surface area contributed by atoms with Gasteiger partial charge in [-0.15, -0.1) is 0 Å². The molecule has 0 bridgehead atoms. The maximum atomic E-state index is 5.75. The highest BCUT2D eigenvalue weighted by molar-refractivity contribution is 7.80. The lowest BCUT2D eigenvalue weighted by Crippen LogP contribution is -2.42. The van der Waals surface area contributed by atoms with Crippen molar-refractivity contribution in [1.29, 1.82) is 0 Å². The molecule has 4 heterocycles. The zero-order chi connectivity index (χ0) is 18.8. The third-order valence-corrected chi connectivity index (χ3v) is 5.82. The Hall–Kier alpha value is -1.96. The van der Waals surface area contributed by atoms with Gasteiger partial charge in [-0.05, 0) is 49.8 Å². The van der Waals surface area contributed by atoms with Gasteiger partial charge in [-0.2, -0.15) is 0 Å². The number of thiocarbonyl (C=S) groups is 1. The summed E-state index contributed by atoms with van der Waals surface area (Å²) in [6, 6.07) is 8.50. The van der Waals surface area contributed by atoms with E-state index in [1.807, 2.05) is 18.3 Å². The van der Waals surface area contributed by atoms with Crippen molar-refractivity contribution >= 4 is 17.3 Å². The van der Waals surface area contributed by atoms with Gasteiger partial charge in [0.25, 0.3) is 0 Å². The molecule has 2 aromatic rings. The number of morpholine rings is 1. The van der Waals surface area contributed by atoms with Crippen molar-refractivity contribution in [3.63, 3.8) is 0 Å². The van der Waals surface area contributed by atoms with Gasteiger partial charge < -0.3 is 19.9 Å². The minimum atomic E-state index is 0.0530. The Bertz CT molecular complexity index is 787. The van der Waals surface area contributed by atoms with E-state index in [2.05, 4.69) is 51.1 Å². The molecule has 0 saturated carbocycles. The second kappa shape index (κ2) is 7.96. The molecule has 2 fully saturated rings. The van der Waals surface area contributed by atoms with Crippen LogP contribution in [0.4, 0.5) is 0 Å². The first kappa shape index (κ1) is 18.4. The summed E-state index contributed by atoms with van der Waals surface area (Å²) in [4.78, 5) is 12.8. The predicted molar refractivity (Wildman–Crippen MR) is 110 cm³/mol. The fourth-order valence-corrected chi connectivity index (χ4v) is 4.44. The lowest BCUT2D eigenvalue weighted by Gasteiger charge is -2.32. The molecule has 2 aliphatic rings. The van der Waals surface area contributed by atoms with Crippen LogP contribution in [0.2, 0.25) is 0 Å². The number of rotatable bonds is 5. The number of H-pyrrole nitrogens is 1. The molecule has 0 radical (unpaired) electrons. The summed E-state index contributed by atoms with van der Waals surface area (Å²) in [5.74, 6) is 0. The van der Waals surface area contributed by atoms with E-state index in [0.717, 1.165) is 50.2 Å². The molecular weight excluding hydrogens is 358 g/mol. The molecule has 4 rings (SSSR count). The molecule has 2 N–H and O–H groups in total. The van der Waals surface area contributed by atoms with Gasteiger partial charge >= 0.3 is 0 Å². The van der Waals surface area contributed by atoms with Crippen LogP contribution >= 0.6 is 12.2 Å². The highest BCUT2D eigenvalue weighted by Gasteiger charge is 2.40. The van der Waals surface area contributed by atoms with Crippen LogP contribution < -0.4 is 5.32 Å². The highest BCUT2D eigenvalue weighted by atomic mass is 32.1. The molecule has 2 saturated heterocycles. The number of aromatic amines is 1. The van der Waals surface area contributed by atoms with E-state index in [0.29, 0.717) is 0 Å². The topological polar surface area (TPSA) is 56.4 Å². The minimum absolute atomic E-state index is 0.0530. The average Bonchev–Trinajstić information content (AvgIpc) is 3.19. The largest absolute Gasteiger partial charge is 0.379 e. The van der Waals surface area contributed by atoms with Crippen LogP contribution in [0.3, 0.4) is 0 Å². The summed E-state index contributed by atoms with van der Waals surface area (Å²) in [7, 11) is 0. The second-order valence-electron chi connectivity index (χ2n) is 7.31. The van der Waals surface area contributed by atoms with Gasteiger partial charge in [0.15, 0.2) is 5.11 Å². The van der Waals surface area contributed by atoms with E-state index in [1.54, 1.807) is 0 Å². The third kappa shape index (κ3) is 3.85. The average molecular weight is 386 g/mol. The minimum Gasteiger partial charge on any atom is -0.379 e. The molecule has 144 valence electrons. The number of pyridine rings is 1. The molecule has 2 atom stereocenters. The molecule has 6 nitrogen and oxygen atoms in total. The number of nitrogens with zero attached hydrogens (tertiary/aromatic N) is 3. The van der Waals surface area contributed by atoms with Crippen LogP contribution in [0.1, 0.15) is 34.7 Å². The molecule has 0 unspecified atom stereocenters. The SMILES string of the molecule is Cc1cc([C@H]2[C@@H](c3ccccn3)NC(=S)N2CCN2CCOCC2)c(C)[nH]1. The molecule has 0 amide bonds. The van der Waals surface area contributed by atoms with E-state index < -0.39 is 0 Å². The van der Waals surface area contributed by atoms with E-state index in [1.165, 1.54) is 17.0 Å². The second-order valence-corrected chi connectivity index (χ2v) is 7.69. The van der Waals surface area contributed by atoms with E-state index in [9.17, 15) is 0 Å². The monoisotopic (exact) mass is 385 g/mol. The summed E-state index contributed by atoms with van der Waals surface area (Å²) in [6.45, 7) is 9.74. The standard InChI is InChI=1S/C20H27N5OS/c1-14-13-16(15(2)22-14)19-18(17-5-3-4-6-21-17)23-20(27)25(19)8-7-24-9-11-26-12-10-24/h3-6,13,18-19,22H,7-12H2,1-2H3,(H,23,27)/t18-,19+/m1/s1. The first-order valence-corrected chi connectivity index (χ1v) is 9.98. The first-order valence-electron chi connectivity index (χ1n) is 9.58. The zero-order valence-electron chi connectivity index (χ0n) is 15.9. The zero-order valence-corrected chi connectivity index (χ0v) is 16.8. The summed E-state index contributed by atoms with van der Waals surface area (Å²) < 4.78 is 5.47. The Labute approximate surface area is 165 Å². The van der Waals surface area contributed by atoms with Crippen molar-refractivity contribution in [3.05, 3.63) is 53.1 Å². The van der Waals surface area contributed by atoms with Crippen LogP contribution in [0, 0.1) is 13.8 Å². The summed E-state index contributed by atoms with van der Waals surface area (Å²) in [6.07, 6.45) is 1.85. The summed E-state index contributed by atoms with van der Waals surface area (Å²) in [5, 5.41) is 4.34. The van der Waals surface area contributed by atoms with Crippen LogP contribution in [0.25, 0.3) is 0 Å². The molecular formula is C20H27N5OS. The van der Waals surface area contributed by atoms with Crippen LogP contribution in [-0.4, -0.2) is 64.3 Å². The van der Waals surface area contributed by atoms with Gasteiger partial charge in [-0.25, -0.2) is 0 Å². The number of aryl methyl sites for hydroxylation is 2. The maximum absolute atomic E-state index is 5.75. The molecule has 2 aromatic heterocycles. The van der Waals surface area contributed by atoms with E-state index in [-0.39, 0.29) is 12.1 Å². The van der Waals surface area contributed by atoms with Gasteiger partial charge in [0.05, 0.1) is 31.0 Å². The Balaban J connectivity index is 1.61. The summed E-state index contributed by atoms with van der Waals surface area (Å²) in [5.41, 5.74) is 4.68. The van der Waals surface area contributed by atoms with Crippen molar-refractivity contribution in [1.82, 2.24) is 25.1 Å². The van der Waals surface area contributed by atoms with Crippen LogP contribution in [-0.2, 0) is 4.74 Å². The molecule has 2 aliphatic heterocycles. The highest BCUT2D eigenvalue weighted by Crippen LogP contribution is 2.39.